The largest absolute Gasteiger partial charge is 0.490 e. The van der Waals surface area contributed by atoms with Crippen LogP contribution in [0.15, 0.2) is 41.2 Å². The summed E-state index contributed by atoms with van der Waals surface area (Å²) in [6, 6.07) is 9.13. The molecule has 4 nitrogen and oxygen atoms in total. The van der Waals surface area contributed by atoms with Crippen molar-refractivity contribution in [2.24, 2.45) is 0 Å². The van der Waals surface area contributed by atoms with E-state index in [-0.39, 0.29) is 29.3 Å². The lowest BCUT2D eigenvalue weighted by Gasteiger charge is -2.09. The van der Waals surface area contributed by atoms with E-state index >= 15 is 0 Å². The molecule has 0 radical (unpaired) electrons. The highest BCUT2D eigenvalue weighted by atomic mass is 19.2. The minimum absolute atomic E-state index is 0.161. The number of aromatic amines is 1. The van der Waals surface area contributed by atoms with Gasteiger partial charge in [-0.25, -0.2) is 9.37 Å². The number of nitrogens with one attached hydrogen (secondary N) is 1. The van der Waals surface area contributed by atoms with Crippen molar-refractivity contribution in [3.63, 3.8) is 0 Å². The van der Waals surface area contributed by atoms with Crippen LogP contribution in [0.3, 0.4) is 0 Å². The van der Waals surface area contributed by atoms with Crippen LogP contribution in [-0.2, 0) is 0 Å². The van der Waals surface area contributed by atoms with Crippen molar-refractivity contribution in [2.75, 3.05) is 6.61 Å². The minimum Gasteiger partial charge on any atom is -0.490 e. The summed E-state index contributed by atoms with van der Waals surface area (Å²) >= 11 is 0. The first kappa shape index (κ1) is 15.1. The van der Waals surface area contributed by atoms with Gasteiger partial charge < -0.3 is 9.72 Å². The summed E-state index contributed by atoms with van der Waals surface area (Å²) in [5.74, 6) is -2.14. The molecule has 0 bridgehead atoms. The lowest BCUT2D eigenvalue weighted by Crippen LogP contribution is -2.10. The Morgan fingerprint density at radius 2 is 2.00 bits per heavy atom. The van der Waals surface area contributed by atoms with E-state index in [9.17, 15) is 13.6 Å². The molecular weight excluding hydrogens is 302 g/mol. The van der Waals surface area contributed by atoms with Crippen molar-refractivity contribution in [2.45, 2.75) is 13.3 Å². The van der Waals surface area contributed by atoms with E-state index in [4.69, 9.17) is 4.74 Å². The summed E-state index contributed by atoms with van der Waals surface area (Å²) in [6.45, 7) is 2.13. The van der Waals surface area contributed by atoms with E-state index < -0.39 is 11.6 Å². The molecule has 0 aliphatic heterocycles. The number of aromatic nitrogens is 2. The molecule has 23 heavy (non-hydrogen) atoms. The third-order valence-corrected chi connectivity index (χ3v) is 3.34. The SMILES string of the molecule is CCCOc1cc(-c2nc3ccccc3c(=O)[nH]2)cc(F)c1F. The smallest absolute Gasteiger partial charge is 0.259 e. The number of halogens is 2. The Balaban J connectivity index is 2.14. The van der Waals surface area contributed by atoms with Crippen LogP contribution in [0.25, 0.3) is 22.3 Å². The Morgan fingerprint density at radius 1 is 1.22 bits per heavy atom. The highest BCUT2D eigenvalue weighted by Crippen LogP contribution is 2.27. The first-order valence-corrected chi connectivity index (χ1v) is 7.21. The Morgan fingerprint density at radius 3 is 2.78 bits per heavy atom. The highest BCUT2D eigenvalue weighted by Gasteiger charge is 2.15. The van der Waals surface area contributed by atoms with E-state index in [0.717, 1.165) is 6.07 Å². The van der Waals surface area contributed by atoms with Gasteiger partial charge >= 0.3 is 0 Å². The number of rotatable bonds is 4. The fraction of sp³-hybridized carbons (Fsp3) is 0.176. The molecule has 3 rings (SSSR count). The van der Waals surface area contributed by atoms with Crippen molar-refractivity contribution in [3.8, 4) is 17.1 Å². The Kier molecular flexibility index (Phi) is 4.06. The maximum atomic E-state index is 13.8. The van der Waals surface area contributed by atoms with Gasteiger partial charge in [0.25, 0.3) is 5.56 Å². The topological polar surface area (TPSA) is 55.0 Å². The zero-order valence-electron chi connectivity index (χ0n) is 12.4. The molecule has 0 amide bonds. The van der Waals surface area contributed by atoms with Gasteiger partial charge in [-0.05, 0) is 30.7 Å². The van der Waals surface area contributed by atoms with Crippen LogP contribution in [0.1, 0.15) is 13.3 Å². The van der Waals surface area contributed by atoms with Gasteiger partial charge in [-0.2, -0.15) is 4.39 Å². The van der Waals surface area contributed by atoms with Crippen LogP contribution < -0.4 is 10.3 Å². The third kappa shape index (κ3) is 2.92. The maximum Gasteiger partial charge on any atom is 0.259 e. The van der Waals surface area contributed by atoms with E-state index in [0.29, 0.717) is 17.3 Å². The molecule has 0 unspecified atom stereocenters. The fourth-order valence-electron chi connectivity index (χ4n) is 2.24. The molecule has 0 atom stereocenters. The first-order chi connectivity index (χ1) is 11.1. The molecule has 118 valence electrons. The van der Waals surface area contributed by atoms with Crippen molar-refractivity contribution >= 4 is 10.9 Å². The molecule has 0 saturated carbocycles. The van der Waals surface area contributed by atoms with Gasteiger partial charge in [0.05, 0.1) is 17.5 Å². The van der Waals surface area contributed by atoms with E-state index in [1.807, 2.05) is 6.92 Å². The molecule has 6 heteroatoms. The lowest BCUT2D eigenvalue weighted by atomic mass is 10.1. The minimum atomic E-state index is -1.05. The number of H-pyrrole nitrogens is 1. The molecule has 0 aliphatic carbocycles. The molecule has 0 saturated heterocycles. The molecular formula is C17H14F2N2O2. The van der Waals surface area contributed by atoms with Gasteiger partial charge in [0.2, 0.25) is 5.82 Å². The highest BCUT2D eigenvalue weighted by molar-refractivity contribution is 5.79. The maximum absolute atomic E-state index is 13.8. The van der Waals surface area contributed by atoms with Crippen molar-refractivity contribution < 1.29 is 13.5 Å². The second-order valence-electron chi connectivity index (χ2n) is 5.05. The van der Waals surface area contributed by atoms with Crippen LogP contribution >= 0.6 is 0 Å². The van der Waals surface area contributed by atoms with E-state index in [1.165, 1.54) is 6.07 Å². The van der Waals surface area contributed by atoms with Crippen molar-refractivity contribution in [3.05, 3.63) is 58.4 Å². The molecule has 0 fully saturated rings. The van der Waals surface area contributed by atoms with Crippen LogP contribution in [0.4, 0.5) is 8.78 Å². The van der Waals surface area contributed by atoms with E-state index in [2.05, 4.69) is 9.97 Å². The number of ether oxygens (including phenoxy) is 1. The molecule has 1 aromatic heterocycles. The number of benzene rings is 2. The summed E-state index contributed by atoms with van der Waals surface area (Å²) in [7, 11) is 0. The second kappa shape index (κ2) is 6.16. The predicted molar refractivity (Wildman–Crippen MR) is 83.5 cm³/mol. The van der Waals surface area contributed by atoms with E-state index in [1.54, 1.807) is 24.3 Å². The zero-order valence-corrected chi connectivity index (χ0v) is 12.4. The molecule has 0 spiro atoms. The van der Waals surface area contributed by atoms with Crippen molar-refractivity contribution in [1.82, 2.24) is 9.97 Å². The summed E-state index contributed by atoms with van der Waals surface area (Å²) in [6.07, 6.45) is 0.663. The van der Waals surface area contributed by atoms with Gasteiger partial charge in [0.15, 0.2) is 11.6 Å². The van der Waals surface area contributed by atoms with Crippen LogP contribution in [0.2, 0.25) is 0 Å². The number of nitrogens with zero attached hydrogens (tertiary/aromatic N) is 1. The van der Waals surface area contributed by atoms with Gasteiger partial charge in [-0.3, -0.25) is 4.79 Å². The quantitative estimate of drug-likeness (QED) is 0.799. The van der Waals surface area contributed by atoms with Gasteiger partial charge in [0, 0.05) is 5.56 Å². The fourth-order valence-corrected chi connectivity index (χ4v) is 2.24. The predicted octanol–water partition coefficient (Wildman–Crippen LogP) is 3.66. The van der Waals surface area contributed by atoms with Crippen LogP contribution in [0, 0.1) is 11.6 Å². The monoisotopic (exact) mass is 316 g/mol. The molecule has 1 N–H and O–H groups in total. The van der Waals surface area contributed by atoms with Gasteiger partial charge in [0.1, 0.15) is 5.82 Å². The summed E-state index contributed by atoms with van der Waals surface area (Å²) < 4.78 is 32.8. The standard InChI is InChI=1S/C17H14F2N2O2/c1-2-7-23-14-9-10(8-12(18)15(14)19)16-20-13-6-4-3-5-11(13)17(22)21-16/h3-6,8-9H,2,7H2,1H3,(H,20,21,22). The first-order valence-electron chi connectivity index (χ1n) is 7.21. The average molecular weight is 316 g/mol. The normalized spacial score (nSPS) is 10.9. The summed E-state index contributed by atoms with van der Waals surface area (Å²) in [5, 5.41) is 0.432. The summed E-state index contributed by atoms with van der Waals surface area (Å²) in [4.78, 5) is 19.0. The van der Waals surface area contributed by atoms with Crippen molar-refractivity contribution in [1.29, 1.82) is 0 Å². The zero-order chi connectivity index (χ0) is 16.4. The van der Waals surface area contributed by atoms with Crippen LogP contribution in [-0.4, -0.2) is 16.6 Å². The second-order valence-corrected chi connectivity index (χ2v) is 5.05. The molecule has 2 aromatic carbocycles. The Hall–Kier alpha value is -2.76. The van der Waals surface area contributed by atoms with Gasteiger partial charge in [-0.15, -0.1) is 0 Å². The number of hydrogen-bond acceptors (Lipinski definition) is 3. The number of hydrogen-bond donors (Lipinski definition) is 1. The Labute approximate surface area is 130 Å². The lowest BCUT2D eigenvalue weighted by molar-refractivity contribution is 0.295. The number of para-hydroxylation sites is 1. The molecule has 1 heterocycles. The number of fused-ring (bicyclic) bond motifs is 1. The Bertz CT molecular complexity index is 922. The summed E-state index contributed by atoms with van der Waals surface area (Å²) in [5.41, 5.74) is 0.385. The average Bonchev–Trinajstić information content (AvgIpc) is 2.56. The molecule has 3 aromatic rings. The van der Waals surface area contributed by atoms with Crippen LogP contribution in [0.5, 0.6) is 5.75 Å². The molecule has 0 aliphatic rings. The third-order valence-electron chi connectivity index (χ3n) is 3.34. The van der Waals surface area contributed by atoms with Gasteiger partial charge in [-0.1, -0.05) is 19.1 Å².